The molecule has 5 nitrogen and oxygen atoms in total. The molecule has 0 radical (unpaired) electrons. The predicted octanol–water partition coefficient (Wildman–Crippen LogP) is 2.18. The Morgan fingerprint density at radius 1 is 1.55 bits per heavy atom. The highest BCUT2D eigenvalue weighted by atomic mass is 35.5. The van der Waals surface area contributed by atoms with Gasteiger partial charge in [0.2, 0.25) is 5.91 Å². The molecule has 106 valence electrons. The summed E-state index contributed by atoms with van der Waals surface area (Å²) in [6.45, 7) is 4.53. The van der Waals surface area contributed by atoms with Crippen LogP contribution in [0.3, 0.4) is 0 Å². The van der Waals surface area contributed by atoms with Crippen LogP contribution in [0.4, 0.5) is 0 Å². The first-order chi connectivity index (χ1) is 9.60. The first-order valence-corrected chi connectivity index (χ1v) is 7.29. The Kier molecular flexibility index (Phi) is 4.92. The molecule has 1 aromatic rings. The van der Waals surface area contributed by atoms with Gasteiger partial charge >= 0.3 is 0 Å². The van der Waals surface area contributed by atoms with Gasteiger partial charge in [0, 0.05) is 24.3 Å². The fraction of sp³-hybridized carbons (Fsp3) is 0.308. The standard InChI is InChI=1S/C13H14ClN3O2S/c1-2-7-17(8-9-3-5-11(14)20-9)13(19)10-4-6-12(18)16-15-10/h2-3,5H,1,4,6-8H2,(H,16,18). The van der Waals surface area contributed by atoms with Gasteiger partial charge in [-0.05, 0) is 12.1 Å². The Hall–Kier alpha value is -1.66. The number of carbonyl (C=O) groups is 2. The third-order valence-electron chi connectivity index (χ3n) is 2.76. The zero-order valence-corrected chi connectivity index (χ0v) is 12.3. The van der Waals surface area contributed by atoms with Crippen LogP contribution in [-0.2, 0) is 16.1 Å². The number of hydrazone groups is 1. The van der Waals surface area contributed by atoms with E-state index >= 15 is 0 Å². The lowest BCUT2D eigenvalue weighted by Gasteiger charge is -2.22. The Morgan fingerprint density at radius 3 is 2.90 bits per heavy atom. The largest absolute Gasteiger partial charge is 0.329 e. The highest BCUT2D eigenvalue weighted by molar-refractivity contribution is 7.16. The Balaban J connectivity index is 2.09. The Bertz CT molecular complexity index is 568. The molecule has 7 heteroatoms. The third-order valence-corrected chi connectivity index (χ3v) is 3.98. The normalized spacial score (nSPS) is 14.4. The van der Waals surface area contributed by atoms with E-state index in [0.29, 0.717) is 29.6 Å². The molecule has 2 rings (SSSR count). The van der Waals surface area contributed by atoms with Crippen LogP contribution in [0, 0.1) is 0 Å². The van der Waals surface area contributed by atoms with Gasteiger partial charge < -0.3 is 4.90 Å². The van der Waals surface area contributed by atoms with Gasteiger partial charge in [-0.2, -0.15) is 5.10 Å². The second kappa shape index (κ2) is 6.67. The molecule has 0 aliphatic carbocycles. The predicted molar refractivity (Wildman–Crippen MR) is 79.8 cm³/mol. The van der Waals surface area contributed by atoms with Crippen molar-refractivity contribution in [1.29, 1.82) is 0 Å². The number of rotatable bonds is 5. The maximum atomic E-state index is 12.4. The first-order valence-electron chi connectivity index (χ1n) is 6.10. The van der Waals surface area contributed by atoms with E-state index in [2.05, 4.69) is 17.1 Å². The Labute approximate surface area is 125 Å². The van der Waals surface area contributed by atoms with Gasteiger partial charge in [-0.3, -0.25) is 9.59 Å². The molecule has 0 saturated heterocycles. The lowest BCUT2D eigenvalue weighted by atomic mass is 10.1. The lowest BCUT2D eigenvalue weighted by Crippen LogP contribution is -2.39. The van der Waals surface area contributed by atoms with Crippen molar-refractivity contribution >= 4 is 40.5 Å². The summed E-state index contributed by atoms with van der Waals surface area (Å²) in [7, 11) is 0. The van der Waals surface area contributed by atoms with Crippen molar-refractivity contribution in [3.8, 4) is 0 Å². The number of amides is 2. The number of hydrogen-bond donors (Lipinski definition) is 1. The van der Waals surface area contributed by atoms with E-state index in [-0.39, 0.29) is 18.2 Å². The molecule has 1 aliphatic heterocycles. The molecule has 0 atom stereocenters. The van der Waals surface area contributed by atoms with Gasteiger partial charge in [0.1, 0.15) is 5.71 Å². The van der Waals surface area contributed by atoms with E-state index in [4.69, 9.17) is 11.6 Å². The molecule has 0 unspecified atom stereocenters. The molecule has 0 bridgehead atoms. The molecular formula is C13H14ClN3O2S. The van der Waals surface area contributed by atoms with Crippen LogP contribution in [0.2, 0.25) is 4.34 Å². The molecular weight excluding hydrogens is 298 g/mol. The Morgan fingerprint density at radius 2 is 2.35 bits per heavy atom. The van der Waals surface area contributed by atoms with Crippen LogP contribution in [0.15, 0.2) is 29.9 Å². The second-order valence-corrected chi connectivity index (χ2v) is 6.07. The summed E-state index contributed by atoms with van der Waals surface area (Å²) in [5.41, 5.74) is 2.70. The molecule has 2 amide bonds. The SMILES string of the molecule is C=CCN(Cc1ccc(Cl)s1)C(=O)C1=NNC(=O)CC1. The number of thiophene rings is 1. The minimum absolute atomic E-state index is 0.165. The topological polar surface area (TPSA) is 61.8 Å². The summed E-state index contributed by atoms with van der Waals surface area (Å²) in [6.07, 6.45) is 2.32. The molecule has 1 aromatic heterocycles. The summed E-state index contributed by atoms with van der Waals surface area (Å²) in [4.78, 5) is 26.0. The van der Waals surface area contributed by atoms with E-state index < -0.39 is 0 Å². The second-order valence-electron chi connectivity index (χ2n) is 4.27. The fourth-order valence-corrected chi connectivity index (χ4v) is 2.91. The lowest BCUT2D eigenvalue weighted by molar-refractivity contribution is -0.124. The van der Waals surface area contributed by atoms with Crippen LogP contribution < -0.4 is 5.43 Å². The molecule has 0 aromatic carbocycles. The number of hydrogen-bond acceptors (Lipinski definition) is 4. The van der Waals surface area contributed by atoms with Crippen LogP contribution in [0.5, 0.6) is 0 Å². The van der Waals surface area contributed by atoms with Crippen molar-refractivity contribution in [3.05, 3.63) is 34.0 Å². The fourth-order valence-electron chi connectivity index (χ4n) is 1.81. The van der Waals surface area contributed by atoms with E-state index in [1.165, 1.54) is 11.3 Å². The molecule has 0 spiro atoms. The summed E-state index contributed by atoms with van der Waals surface area (Å²) in [5.74, 6) is -0.351. The summed E-state index contributed by atoms with van der Waals surface area (Å²) >= 11 is 7.32. The molecule has 1 N–H and O–H groups in total. The van der Waals surface area contributed by atoms with Crippen molar-refractivity contribution in [2.45, 2.75) is 19.4 Å². The van der Waals surface area contributed by atoms with Crippen LogP contribution in [-0.4, -0.2) is 29.0 Å². The van der Waals surface area contributed by atoms with Crippen LogP contribution in [0.25, 0.3) is 0 Å². The summed E-state index contributed by atoms with van der Waals surface area (Å²) < 4.78 is 0.688. The highest BCUT2D eigenvalue weighted by Crippen LogP contribution is 2.23. The third kappa shape index (κ3) is 3.68. The smallest absolute Gasteiger partial charge is 0.270 e. The van der Waals surface area contributed by atoms with Crippen molar-refractivity contribution in [2.75, 3.05) is 6.54 Å². The van der Waals surface area contributed by atoms with Crippen LogP contribution in [0.1, 0.15) is 17.7 Å². The summed E-state index contributed by atoms with van der Waals surface area (Å²) in [6, 6.07) is 3.69. The van der Waals surface area contributed by atoms with E-state index in [1.807, 2.05) is 6.07 Å². The van der Waals surface area contributed by atoms with Crippen molar-refractivity contribution in [1.82, 2.24) is 10.3 Å². The first kappa shape index (κ1) is 14.7. The van der Waals surface area contributed by atoms with Crippen molar-refractivity contribution < 1.29 is 9.59 Å². The summed E-state index contributed by atoms with van der Waals surface area (Å²) in [5, 5.41) is 3.83. The molecule has 2 heterocycles. The van der Waals surface area contributed by atoms with Gasteiger partial charge in [-0.15, -0.1) is 17.9 Å². The van der Waals surface area contributed by atoms with Crippen molar-refractivity contribution in [2.24, 2.45) is 5.10 Å². The number of nitrogens with one attached hydrogen (secondary N) is 1. The van der Waals surface area contributed by atoms with E-state index in [1.54, 1.807) is 17.0 Å². The molecule has 0 fully saturated rings. The van der Waals surface area contributed by atoms with E-state index in [9.17, 15) is 9.59 Å². The van der Waals surface area contributed by atoms with Gasteiger partial charge in [-0.25, -0.2) is 5.43 Å². The van der Waals surface area contributed by atoms with Crippen molar-refractivity contribution in [3.63, 3.8) is 0 Å². The highest BCUT2D eigenvalue weighted by Gasteiger charge is 2.23. The minimum Gasteiger partial charge on any atom is -0.329 e. The van der Waals surface area contributed by atoms with Gasteiger partial charge in [-0.1, -0.05) is 17.7 Å². The maximum absolute atomic E-state index is 12.4. The number of halogens is 1. The van der Waals surface area contributed by atoms with E-state index in [0.717, 1.165) is 4.88 Å². The zero-order chi connectivity index (χ0) is 14.5. The quantitative estimate of drug-likeness (QED) is 0.847. The number of carbonyl (C=O) groups excluding carboxylic acids is 2. The average molecular weight is 312 g/mol. The monoisotopic (exact) mass is 311 g/mol. The average Bonchev–Trinajstić information content (AvgIpc) is 2.84. The zero-order valence-electron chi connectivity index (χ0n) is 10.8. The van der Waals surface area contributed by atoms with Gasteiger partial charge in [0.25, 0.3) is 5.91 Å². The van der Waals surface area contributed by atoms with Crippen LogP contribution >= 0.6 is 22.9 Å². The molecule has 1 aliphatic rings. The van der Waals surface area contributed by atoms with Gasteiger partial charge in [0.15, 0.2) is 0 Å². The maximum Gasteiger partial charge on any atom is 0.270 e. The number of nitrogens with zero attached hydrogens (tertiary/aromatic N) is 2. The molecule has 20 heavy (non-hydrogen) atoms. The molecule has 0 saturated carbocycles. The van der Waals surface area contributed by atoms with Gasteiger partial charge in [0.05, 0.1) is 10.9 Å². The minimum atomic E-state index is -0.186.